The monoisotopic (exact) mass is 390 g/mol. The van der Waals surface area contributed by atoms with Crippen molar-refractivity contribution in [1.82, 2.24) is 9.88 Å². The summed E-state index contributed by atoms with van der Waals surface area (Å²) in [5.41, 5.74) is 3.81. The molecule has 3 rings (SSSR count). The Hall–Kier alpha value is -2.15. The van der Waals surface area contributed by atoms with Gasteiger partial charge in [-0.15, -0.1) is 0 Å². The minimum atomic E-state index is -3.67. The van der Waals surface area contributed by atoms with Crippen molar-refractivity contribution in [2.75, 3.05) is 0 Å². The van der Waals surface area contributed by atoms with Gasteiger partial charge in [-0.2, -0.15) is 0 Å². The highest BCUT2D eigenvalue weighted by Crippen LogP contribution is 2.30. The zero-order chi connectivity index (χ0) is 18.9. The van der Waals surface area contributed by atoms with Crippen LogP contribution in [0.15, 0.2) is 51.9 Å². The van der Waals surface area contributed by atoms with Crippen LogP contribution in [0.5, 0.6) is 0 Å². The molecule has 1 N–H and O–H groups in total. The molecule has 0 spiro atoms. The molecule has 0 aliphatic rings. The summed E-state index contributed by atoms with van der Waals surface area (Å²) in [5.74, 6) is 0.656. The first-order valence-electron chi connectivity index (χ1n) is 8.06. The Kier molecular flexibility index (Phi) is 5.18. The molecule has 0 amide bonds. The van der Waals surface area contributed by atoms with E-state index in [1.165, 1.54) is 0 Å². The number of nitrogens with zero attached hydrogens (tertiary/aromatic N) is 1. The minimum Gasteiger partial charge on any atom is -0.361 e. The summed E-state index contributed by atoms with van der Waals surface area (Å²) < 4.78 is 33.5. The molecule has 0 saturated carbocycles. The average Bonchev–Trinajstić information content (AvgIpc) is 2.94. The third-order valence-electron chi connectivity index (χ3n) is 4.18. The molecule has 0 aliphatic carbocycles. The van der Waals surface area contributed by atoms with E-state index in [0.29, 0.717) is 16.3 Å². The third kappa shape index (κ3) is 3.82. The smallest absolute Gasteiger partial charge is 0.241 e. The van der Waals surface area contributed by atoms with Crippen molar-refractivity contribution in [3.8, 4) is 11.1 Å². The number of hydrogen-bond donors (Lipinski definition) is 1. The van der Waals surface area contributed by atoms with Gasteiger partial charge in [-0.25, -0.2) is 13.1 Å². The highest BCUT2D eigenvalue weighted by Gasteiger charge is 2.20. The summed E-state index contributed by atoms with van der Waals surface area (Å²) in [6.45, 7) is 5.60. The number of hydrogen-bond acceptors (Lipinski definition) is 4. The second kappa shape index (κ2) is 7.23. The zero-order valence-electron chi connectivity index (χ0n) is 14.7. The van der Waals surface area contributed by atoms with Gasteiger partial charge in [0.2, 0.25) is 10.0 Å². The van der Waals surface area contributed by atoms with Gasteiger partial charge >= 0.3 is 0 Å². The van der Waals surface area contributed by atoms with Gasteiger partial charge < -0.3 is 4.52 Å². The molecule has 0 aliphatic heterocycles. The van der Waals surface area contributed by atoms with Crippen molar-refractivity contribution in [3.63, 3.8) is 0 Å². The molecule has 0 unspecified atom stereocenters. The van der Waals surface area contributed by atoms with Gasteiger partial charge in [0.05, 0.1) is 10.6 Å². The second-order valence-corrected chi connectivity index (χ2v) is 8.30. The van der Waals surface area contributed by atoms with E-state index in [2.05, 4.69) is 9.88 Å². The highest BCUT2D eigenvalue weighted by atomic mass is 35.5. The Balaban J connectivity index is 1.92. The van der Waals surface area contributed by atoms with Gasteiger partial charge in [0, 0.05) is 17.1 Å². The van der Waals surface area contributed by atoms with Gasteiger partial charge in [-0.1, -0.05) is 41.0 Å². The first kappa shape index (κ1) is 18.6. The van der Waals surface area contributed by atoms with Gasteiger partial charge in [0.1, 0.15) is 5.76 Å². The number of rotatable bonds is 5. The number of aryl methyl sites for hydroxylation is 3. The predicted octanol–water partition coefficient (Wildman–Crippen LogP) is 4.40. The van der Waals surface area contributed by atoms with Crippen LogP contribution in [0.4, 0.5) is 0 Å². The molecule has 0 bridgehead atoms. The Morgan fingerprint density at radius 3 is 2.38 bits per heavy atom. The van der Waals surface area contributed by atoms with E-state index in [0.717, 1.165) is 22.4 Å². The summed E-state index contributed by atoms with van der Waals surface area (Å²) in [6, 6.07) is 12.4. The van der Waals surface area contributed by atoms with Crippen LogP contribution in [-0.4, -0.2) is 13.6 Å². The van der Waals surface area contributed by atoms with Crippen molar-refractivity contribution < 1.29 is 12.9 Å². The van der Waals surface area contributed by atoms with Crippen molar-refractivity contribution in [2.24, 2.45) is 0 Å². The van der Waals surface area contributed by atoms with E-state index >= 15 is 0 Å². The first-order valence-corrected chi connectivity index (χ1v) is 9.92. The highest BCUT2D eigenvalue weighted by molar-refractivity contribution is 7.89. The lowest BCUT2D eigenvalue weighted by Crippen LogP contribution is -2.24. The fourth-order valence-electron chi connectivity index (χ4n) is 2.80. The molecule has 26 heavy (non-hydrogen) atoms. The molecule has 1 aromatic heterocycles. The molecule has 1 heterocycles. The molecule has 2 aromatic carbocycles. The first-order chi connectivity index (χ1) is 12.3. The maximum Gasteiger partial charge on any atom is 0.241 e. The number of nitrogens with one attached hydrogen (secondary N) is 1. The molecule has 5 nitrogen and oxygen atoms in total. The molecule has 136 valence electrons. The summed E-state index contributed by atoms with van der Waals surface area (Å²) in [6.07, 6.45) is 0. The van der Waals surface area contributed by atoms with Crippen LogP contribution in [0.2, 0.25) is 5.02 Å². The Bertz CT molecular complexity index is 1020. The Labute approximate surface area is 158 Å². The van der Waals surface area contributed by atoms with E-state index in [1.54, 1.807) is 43.3 Å². The number of aromatic nitrogens is 1. The summed E-state index contributed by atoms with van der Waals surface area (Å²) in [7, 11) is -3.67. The zero-order valence-corrected chi connectivity index (χ0v) is 16.3. The van der Waals surface area contributed by atoms with E-state index in [-0.39, 0.29) is 11.4 Å². The second-order valence-electron chi connectivity index (χ2n) is 6.13. The number of sulfonamides is 1. The lowest BCUT2D eigenvalue weighted by molar-refractivity contribution is 0.393. The van der Waals surface area contributed by atoms with Crippen LogP contribution in [0.3, 0.4) is 0 Å². The molecule has 7 heteroatoms. The van der Waals surface area contributed by atoms with Crippen molar-refractivity contribution in [3.05, 3.63) is 70.1 Å². The molecule has 0 radical (unpaired) electrons. The lowest BCUT2D eigenvalue weighted by atomic mass is 10.0. The van der Waals surface area contributed by atoms with Gasteiger partial charge in [0.25, 0.3) is 0 Å². The summed E-state index contributed by atoms with van der Waals surface area (Å²) in [4.78, 5) is 0.240. The van der Waals surface area contributed by atoms with Crippen LogP contribution in [-0.2, 0) is 16.6 Å². The van der Waals surface area contributed by atoms with Gasteiger partial charge in [0.15, 0.2) is 0 Å². The SMILES string of the molecule is Cc1ccc(-c2c(C)noc2C)cc1S(=O)(=O)NCc1ccc(Cl)cc1. The van der Waals surface area contributed by atoms with Crippen LogP contribution < -0.4 is 4.72 Å². The fraction of sp³-hybridized carbons (Fsp3) is 0.211. The fourth-order valence-corrected chi connectivity index (χ4v) is 4.21. The minimum absolute atomic E-state index is 0.189. The van der Waals surface area contributed by atoms with Crippen LogP contribution in [0.25, 0.3) is 11.1 Å². The van der Waals surface area contributed by atoms with Crippen LogP contribution in [0, 0.1) is 20.8 Å². The third-order valence-corrected chi connectivity index (χ3v) is 5.97. The van der Waals surface area contributed by atoms with Gasteiger partial charge in [-0.3, -0.25) is 0 Å². The summed E-state index contributed by atoms with van der Waals surface area (Å²) >= 11 is 5.86. The maximum atomic E-state index is 12.8. The largest absolute Gasteiger partial charge is 0.361 e. The quantitative estimate of drug-likeness (QED) is 0.700. The van der Waals surface area contributed by atoms with E-state index < -0.39 is 10.0 Å². The van der Waals surface area contributed by atoms with Crippen LogP contribution >= 0.6 is 11.6 Å². The summed E-state index contributed by atoms with van der Waals surface area (Å²) in [5, 5.41) is 4.55. The average molecular weight is 391 g/mol. The molecular weight excluding hydrogens is 372 g/mol. The molecule has 0 fully saturated rings. The Morgan fingerprint density at radius 2 is 1.77 bits per heavy atom. The Morgan fingerprint density at radius 1 is 1.08 bits per heavy atom. The van der Waals surface area contributed by atoms with Crippen molar-refractivity contribution >= 4 is 21.6 Å². The normalized spacial score (nSPS) is 11.7. The van der Waals surface area contributed by atoms with Crippen molar-refractivity contribution in [1.29, 1.82) is 0 Å². The van der Waals surface area contributed by atoms with E-state index in [9.17, 15) is 8.42 Å². The standard InChI is InChI=1S/C19H19ClN2O3S/c1-12-4-7-16(19-13(2)22-25-14(19)3)10-18(12)26(23,24)21-11-15-5-8-17(20)9-6-15/h4-10,21H,11H2,1-3H3. The lowest BCUT2D eigenvalue weighted by Gasteiger charge is -2.11. The topological polar surface area (TPSA) is 72.2 Å². The number of benzene rings is 2. The van der Waals surface area contributed by atoms with E-state index in [1.807, 2.05) is 19.9 Å². The molecular formula is C19H19ClN2O3S. The van der Waals surface area contributed by atoms with Gasteiger partial charge in [-0.05, 0) is 55.7 Å². The molecule has 3 aromatic rings. The maximum absolute atomic E-state index is 12.8. The van der Waals surface area contributed by atoms with Crippen molar-refractivity contribution in [2.45, 2.75) is 32.2 Å². The molecule has 0 atom stereocenters. The number of halogens is 1. The van der Waals surface area contributed by atoms with E-state index in [4.69, 9.17) is 16.1 Å². The molecule has 0 saturated heterocycles. The predicted molar refractivity (Wildman–Crippen MR) is 102 cm³/mol. The van der Waals surface area contributed by atoms with Crippen LogP contribution in [0.1, 0.15) is 22.6 Å².